The van der Waals surface area contributed by atoms with Crippen molar-refractivity contribution >= 4 is 0 Å². The Balaban J connectivity index is 1.81. The largest absolute Gasteiger partial charge is 0.309 e. The van der Waals surface area contributed by atoms with Crippen molar-refractivity contribution in [1.82, 2.24) is 10.2 Å². The molecule has 0 amide bonds. The highest BCUT2D eigenvalue weighted by Gasteiger charge is 2.44. The maximum atomic E-state index is 3.79. The molecule has 1 saturated carbocycles. The Bertz CT molecular complexity index is 432. The van der Waals surface area contributed by atoms with Crippen LogP contribution in [-0.4, -0.2) is 29.1 Å². The first kappa shape index (κ1) is 14.1. The summed E-state index contributed by atoms with van der Waals surface area (Å²) in [5.41, 5.74) is 2.09. The molecule has 1 N–H and O–H groups in total. The summed E-state index contributed by atoms with van der Waals surface area (Å²) in [5, 5.41) is 3.79. The molecule has 2 heteroatoms. The van der Waals surface area contributed by atoms with Crippen molar-refractivity contribution in [3.63, 3.8) is 0 Å². The highest BCUT2D eigenvalue weighted by Crippen LogP contribution is 2.37. The molecule has 0 bridgehead atoms. The average Bonchev–Trinajstić information content (AvgIpc) is 2.46. The van der Waals surface area contributed by atoms with E-state index in [0.717, 1.165) is 19.6 Å². The molecule has 0 atom stereocenters. The van der Waals surface area contributed by atoms with E-state index in [1.807, 2.05) is 0 Å². The topological polar surface area (TPSA) is 15.3 Å². The van der Waals surface area contributed by atoms with E-state index in [1.54, 1.807) is 0 Å². The summed E-state index contributed by atoms with van der Waals surface area (Å²) >= 11 is 0. The number of nitrogens with zero attached hydrogens (tertiary/aromatic N) is 1. The first-order valence-corrected chi connectivity index (χ1v) is 8.14. The Morgan fingerprint density at radius 3 is 2.45 bits per heavy atom. The normalized spacial score (nSPS) is 25.7. The molecule has 0 unspecified atom stereocenters. The molecule has 20 heavy (non-hydrogen) atoms. The van der Waals surface area contributed by atoms with Gasteiger partial charge in [0.15, 0.2) is 0 Å². The predicted octanol–water partition coefficient (Wildman–Crippen LogP) is 3.57. The molecule has 2 fully saturated rings. The van der Waals surface area contributed by atoms with Crippen molar-refractivity contribution in [2.45, 2.75) is 63.6 Å². The quantitative estimate of drug-likeness (QED) is 0.885. The minimum Gasteiger partial charge on any atom is -0.309 e. The van der Waals surface area contributed by atoms with Gasteiger partial charge < -0.3 is 5.32 Å². The van der Waals surface area contributed by atoms with Gasteiger partial charge in [-0.15, -0.1) is 0 Å². The second-order valence-electron chi connectivity index (χ2n) is 7.36. The van der Waals surface area contributed by atoms with Crippen LogP contribution in [0.5, 0.6) is 0 Å². The summed E-state index contributed by atoms with van der Waals surface area (Å²) in [6, 6.07) is 11.0. The molecule has 0 radical (unpaired) electrons. The van der Waals surface area contributed by atoms with Gasteiger partial charge in [-0.25, -0.2) is 0 Å². The van der Waals surface area contributed by atoms with Gasteiger partial charge in [0.1, 0.15) is 0 Å². The average molecular weight is 272 g/mol. The number of nitrogens with one attached hydrogen (secondary N) is 1. The second kappa shape index (κ2) is 5.50. The minimum absolute atomic E-state index is 0.234. The van der Waals surface area contributed by atoms with Gasteiger partial charge in [0.2, 0.25) is 0 Å². The van der Waals surface area contributed by atoms with Gasteiger partial charge in [0.05, 0.1) is 0 Å². The summed E-state index contributed by atoms with van der Waals surface area (Å²) in [4.78, 5) is 2.78. The van der Waals surface area contributed by atoms with E-state index >= 15 is 0 Å². The Labute approximate surface area is 123 Å². The van der Waals surface area contributed by atoms with Gasteiger partial charge in [0.25, 0.3) is 0 Å². The first-order valence-electron chi connectivity index (χ1n) is 8.14. The molecule has 1 spiro atoms. The van der Waals surface area contributed by atoms with Crippen LogP contribution >= 0.6 is 0 Å². The highest BCUT2D eigenvalue weighted by atomic mass is 15.3. The van der Waals surface area contributed by atoms with Crippen LogP contribution in [0.25, 0.3) is 0 Å². The van der Waals surface area contributed by atoms with Crippen LogP contribution in [0.2, 0.25) is 0 Å². The standard InChI is InChI=1S/C18H28N2/c1-17(2)15-20(13-16-9-5-3-6-10-16)18(14-19-17)11-7-4-8-12-18/h3,5-6,9-10,19H,4,7-8,11-15H2,1-2H3. The van der Waals surface area contributed by atoms with Crippen molar-refractivity contribution in [3.05, 3.63) is 35.9 Å². The van der Waals surface area contributed by atoms with Crippen LogP contribution in [0.1, 0.15) is 51.5 Å². The molecular formula is C18H28N2. The third-order valence-electron chi connectivity index (χ3n) is 5.15. The molecule has 2 aliphatic rings. The molecule has 1 saturated heterocycles. The van der Waals surface area contributed by atoms with Crippen LogP contribution in [-0.2, 0) is 6.54 Å². The van der Waals surface area contributed by atoms with E-state index in [0.29, 0.717) is 5.54 Å². The molecule has 1 aliphatic carbocycles. The van der Waals surface area contributed by atoms with Crippen molar-refractivity contribution in [2.75, 3.05) is 13.1 Å². The molecular weight excluding hydrogens is 244 g/mol. The molecule has 3 rings (SSSR count). The lowest BCUT2D eigenvalue weighted by Gasteiger charge is -2.54. The highest BCUT2D eigenvalue weighted by molar-refractivity contribution is 5.16. The van der Waals surface area contributed by atoms with Crippen molar-refractivity contribution in [2.24, 2.45) is 0 Å². The van der Waals surface area contributed by atoms with Gasteiger partial charge in [0, 0.05) is 30.7 Å². The van der Waals surface area contributed by atoms with Crippen molar-refractivity contribution in [1.29, 1.82) is 0 Å². The molecule has 1 aromatic carbocycles. The third-order valence-corrected chi connectivity index (χ3v) is 5.15. The zero-order chi connectivity index (χ0) is 14.1. The second-order valence-corrected chi connectivity index (χ2v) is 7.36. The third kappa shape index (κ3) is 2.91. The van der Waals surface area contributed by atoms with Gasteiger partial charge in [-0.1, -0.05) is 49.6 Å². The monoisotopic (exact) mass is 272 g/mol. The van der Waals surface area contributed by atoms with E-state index < -0.39 is 0 Å². The zero-order valence-electron chi connectivity index (χ0n) is 13.0. The molecule has 1 aliphatic heterocycles. The van der Waals surface area contributed by atoms with Crippen LogP contribution < -0.4 is 5.32 Å². The number of hydrogen-bond donors (Lipinski definition) is 1. The van der Waals surface area contributed by atoms with E-state index in [2.05, 4.69) is 54.4 Å². The Kier molecular flexibility index (Phi) is 3.87. The molecule has 0 aromatic heterocycles. The van der Waals surface area contributed by atoms with Crippen LogP contribution in [0.3, 0.4) is 0 Å². The van der Waals surface area contributed by atoms with Gasteiger partial charge >= 0.3 is 0 Å². The maximum Gasteiger partial charge on any atom is 0.0338 e. The predicted molar refractivity (Wildman–Crippen MR) is 84.7 cm³/mol. The smallest absolute Gasteiger partial charge is 0.0338 e. The van der Waals surface area contributed by atoms with E-state index in [1.165, 1.54) is 37.7 Å². The number of benzene rings is 1. The first-order chi connectivity index (χ1) is 9.60. The van der Waals surface area contributed by atoms with E-state index in [-0.39, 0.29) is 5.54 Å². The van der Waals surface area contributed by atoms with Gasteiger partial charge in [-0.3, -0.25) is 4.90 Å². The SMILES string of the molecule is CC1(C)CN(Cc2ccccc2)C2(CCCCC2)CN1. The Morgan fingerprint density at radius 2 is 1.75 bits per heavy atom. The summed E-state index contributed by atoms with van der Waals surface area (Å²) in [7, 11) is 0. The molecule has 110 valence electrons. The summed E-state index contributed by atoms with van der Waals surface area (Å²) in [6.45, 7) is 8.09. The maximum absolute atomic E-state index is 3.79. The summed E-state index contributed by atoms with van der Waals surface area (Å²) < 4.78 is 0. The van der Waals surface area contributed by atoms with Crippen molar-refractivity contribution in [3.8, 4) is 0 Å². The van der Waals surface area contributed by atoms with Crippen LogP contribution in [0.15, 0.2) is 30.3 Å². The molecule has 1 heterocycles. The van der Waals surface area contributed by atoms with Crippen LogP contribution in [0.4, 0.5) is 0 Å². The Hall–Kier alpha value is -0.860. The fourth-order valence-corrected chi connectivity index (χ4v) is 3.95. The van der Waals surface area contributed by atoms with E-state index in [4.69, 9.17) is 0 Å². The fourth-order valence-electron chi connectivity index (χ4n) is 3.95. The number of rotatable bonds is 2. The molecule has 2 nitrogen and oxygen atoms in total. The lowest BCUT2D eigenvalue weighted by Crippen LogP contribution is -2.68. The van der Waals surface area contributed by atoms with Crippen LogP contribution in [0, 0.1) is 0 Å². The fraction of sp³-hybridized carbons (Fsp3) is 0.667. The van der Waals surface area contributed by atoms with Gasteiger partial charge in [-0.05, 0) is 32.3 Å². The summed E-state index contributed by atoms with van der Waals surface area (Å²) in [6.07, 6.45) is 6.94. The number of piperazine rings is 1. The van der Waals surface area contributed by atoms with Crippen molar-refractivity contribution < 1.29 is 0 Å². The zero-order valence-corrected chi connectivity index (χ0v) is 13.0. The Morgan fingerprint density at radius 1 is 1.05 bits per heavy atom. The number of hydrogen-bond acceptors (Lipinski definition) is 2. The molecule has 1 aromatic rings. The van der Waals surface area contributed by atoms with E-state index in [9.17, 15) is 0 Å². The lowest BCUT2D eigenvalue weighted by atomic mass is 9.76. The summed E-state index contributed by atoms with van der Waals surface area (Å²) in [5.74, 6) is 0. The minimum atomic E-state index is 0.234. The lowest BCUT2D eigenvalue weighted by molar-refractivity contribution is -0.0161. The van der Waals surface area contributed by atoms with Gasteiger partial charge in [-0.2, -0.15) is 0 Å².